The first-order valence-electron chi connectivity index (χ1n) is 5.49. The molecule has 2 aromatic rings. The zero-order valence-electron chi connectivity index (χ0n) is 9.91. The SMILES string of the molecule is Cc1ccc(NC(=O)c2ccc(Br)cc2)c(N)c1. The molecular formula is C14H13BrN2O. The topological polar surface area (TPSA) is 55.1 Å². The van der Waals surface area contributed by atoms with E-state index >= 15 is 0 Å². The van der Waals surface area contributed by atoms with E-state index in [1.54, 1.807) is 18.2 Å². The number of hydrogen-bond acceptors (Lipinski definition) is 2. The lowest BCUT2D eigenvalue weighted by atomic mass is 10.1. The van der Waals surface area contributed by atoms with Crippen molar-refractivity contribution in [2.24, 2.45) is 0 Å². The standard InChI is InChI=1S/C14H13BrN2O/c1-9-2-7-13(12(16)8-9)17-14(18)10-3-5-11(15)6-4-10/h2-8H,16H2,1H3,(H,17,18). The molecule has 0 aliphatic heterocycles. The Hall–Kier alpha value is -1.81. The maximum Gasteiger partial charge on any atom is 0.255 e. The minimum atomic E-state index is -0.168. The minimum absolute atomic E-state index is 0.168. The summed E-state index contributed by atoms with van der Waals surface area (Å²) >= 11 is 3.33. The summed E-state index contributed by atoms with van der Waals surface area (Å²) in [6.07, 6.45) is 0. The van der Waals surface area contributed by atoms with Crippen LogP contribution in [0.25, 0.3) is 0 Å². The van der Waals surface area contributed by atoms with Crippen LogP contribution in [0.15, 0.2) is 46.9 Å². The molecule has 0 saturated carbocycles. The lowest BCUT2D eigenvalue weighted by Crippen LogP contribution is -2.13. The molecule has 0 aromatic heterocycles. The van der Waals surface area contributed by atoms with E-state index in [9.17, 15) is 4.79 Å². The van der Waals surface area contributed by atoms with Crippen LogP contribution in [0.2, 0.25) is 0 Å². The molecular weight excluding hydrogens is 292 g/mol. The predicted octanol–water partition coefficient (Wildman–Crippen LogP) is 3.59. The largest absolute Gasteiger partial charge is 0.397 e. The van der Waals surface area contributed by atoms with Gasteiger partial charge in [-0.2, -0.15) is 0 Å². The Balaban J connectivity index is 2.18. The number of rotatable bonds is 2. The number of anilines is 2. The fourth-order valence-electron chi connectivity index (χ4n) is 1.59. The first kappa shape index (κ1) is 12.6. The van der Waals surface area contributed by atoms with E-state index in [1.165, 1.54) is 0 Å². The third-order valence-corrected chi connectivity index (χ3v) is 3.09. The van der Waals surface area contributed by atoms with E-state index in [-0.39, 0.29) is 5.91 Å². The van der Waals surface area contributed by atoms with Crippen molar-refractivity contribution in [3.63, 3.8) is 0 Å². The molecule has 0 spiro atoms. The number of hydrogen-bond donors (Lipinski definition) is 2. The van der Waals surface area contributed by atoms with Crippen LogP contribution in [0.5, 0.6) is 0 Å². The Kier molecular flexibility index (Phi) is 3.67. The van der Waals surface area contributed by atoms with Crippen LogP contribution in [-0.2, 0) is 0 Å². The first-order chi connectivity index (χ1) is 8.56. The van der Waals surface area contributed by atoms with E-state index in [0.29, 0.717) is 16.9 Å². The molecule has 0 fully saturated rings. The molecule has 2 aromatic carbocycles. The summed E-state index contributed by atoms with van der Waals surface area (Å²) in [5.41, 5.74) is 8.71. The average Bonchev–Trinajstić information content (AvgIpc) is 2.33. The molecule has 0 heterocycles. The molecule has 0 saturated heterocycles. The van der Waals surface area contributed by atoms with E-state index in [1.807, 2.05) is 31.2 Å². The Bertz CT molecular complexity index is 579. The summed E-state index contributed by atoms with van der Waals surface area (Å²) in [7, 11) is 0. The maximum atomic E-state index is 12.0. The van der Waals surface area contributed by atoms with Crippen molar-refractivity contribution in [1.82, 2.24) is 0 Å². The molecule has 0 radical (unpaired) electrons. The van der Waals surface area contributed by atoms with Gasteiger partial charge in [0.05, 0.1) is 11.4 Å². The highest BCUT2D eigenvalue weighted by Gasteiger charge is 2.07. The van der Waals surface area contributed by atoms with Crippen molar-refractivity contribution in [2.45, 2.75) is 6.92 Å². The van der Waals surface area contributed by atoms with Gasteiger partial charge in [-0.25, -0.2) is 0 Å². The lowest BCUT2D eigenvalue weighted by Gasteiger charge is -2.08. The van der Waals surface area contributed by atoms with Gasteiger partial charge in [0.2, 0.25) is 0 Å². The van der Waals surface area contributed by atoms with Gasteiger partial charge in [0.25, 0.3) is 5.91 Å². The summed E-state index contributed by atoms with van der Waals surface area (Å²) in [5.74, 6) is -0.168. The van der Waals surface area contributed by atoms with Gasteiger partial charge in [0, 0.05) is 10.0 Å². The molecule has 0 aliphatic carbocycles. The molecule has 3 N–H and O–H groups in total. The molecule has 0 unspecified atom stereocenters. The van der Waals surface area contributed by atoms with Crippen LogP contribution in [-0.4, -0.2) is 5.91 Å². The Morgan fingerprint density at radius 1 is 1.17 bits per heavy atom. The van der Waals surface area contributed by atoms with Gasteiger partial charge in [-0.15, -0.1) is 0 Å². The Morgan fingerprint density at radius 2 is 1.83 bits per heavy atom. The monoisotopic (exact) mass is 304 g/mol. The second-order valence-corrected chi connectivity index (χ2v) is 4.97. The number of amides is 1. The third-order valence-electron chi connectivity index (χ3n) is 2.56. The Morgan fingerprint density at radius 3 is 2.44 bits per heavy atom. The second-order valence-electron chi connectivity index (χ2n) is 4.05. The van der Waals surface area contributed by atoms with Crippen molar-refractivity contribution in [1.29, 1.82) is 0 Å². The van der Waals surface area contributed by atoms with E-state index in [4.69, 9.17) is 5.73 Å². The van der Waals surface area contributed by atoms with Gasteiger partial charge in [-0.3, -0.25) is 4.79 Å². The number of nitrogens with two attached hydrogens (primary N) is 1. The molecule has 92 valence electrons. The molecule has 1 amide bonds. The summed E-state index contributed by atoms with van der Waals surface area (Å²) in [4.78, 5) is 12.0. The molecule has 0 aliphatic rings. The van der Waals surface area contributed by atoms with Crippen molar-refractivity contribution < 1.29 is 4.79 Å². The van der Waals surface area contributed by atoms with Gasteiger partial charge < -0.3 is 11.1 Å². The zero-order chi connectivity index (χ0) is 13.1. The number of nitrogen functional groups attached to an aromatic ring is 1. The highest BCUT2D eigenvalue weighted by atomic mass is 79.9. The number of nitrogens with one attached hydrogen (secondary N) is 1. The van der Waals surface area contributed by atoms with Crippen LogP contribution >= 0.6 is 15.9 Å². The minimum Gasteiger partial charge on any atom is -0.397 e. The van der Waals surface area contributed by atoms with Gasteiger partial charge >= 0.3 is 0 Å². The zero-order valence-corrected chi connectivity index (χ0v) is 11.5. The molecule has 4 heteroatoms. The lowest BCUT2D eigenvalue weighted by molar-refractivity contribution is 0.102. The van der Waals surface area contributed by atoms with E-state index < -0.39 is 0 Å². The van der Waals surface area contributed by atoms with Crippen molar-refractivity contribution >= 4 is 33.2 Å². The average molecular weight is 305 g/mol. The second kappa shape index (κ2) is 5.23. The number of carbonyl (C=O) groups is 1. The van der Waals surface area contributed by atoms with Crippen molar-refractivity contribution in [3.8, 4) is 0 Å². The van der Waals surface area contributed by atoms with Gasteiger partial charge in [-0.1, -0.05) is 22.0 Å². The molecule has 18 heavy (non-hydrogen) atoms. The van der Waals surface area contributed by atoms with Crippen LogP contribution < -0.4 is 11.1 Å². The number of carbonyl (C=O) groups excluding carboxylic acids is 1. The summed E-state index contributed by atoms with van der Waals surface area (Å²) in [6, 6.07) is 12.7. The van der Waals surface area contributed by atoms with Crippen LogP contribution in [0, 0.1) is 6.92 Å². The van der Waals surface area contributed by atoms with E-state index in [0.717, 1.165) is 10.0 Å². The van der Waals surface area contributed by atoms with Gasteiger partial charge in [-0.05, 0) is 48.9 Å². The van der Waals surface area contributed by atoms with E-state index in [2.05, 4.69) is 21.2 Å². The molecule has 0 atom stereocenters. The highest BCUT2D eigenvalue weighted by molar-refractivity contribution is 9.10. The number of benzene rings is 2. The summed E-state index contributed by atoms with van der Waals surface area (Å²) in [5, 5.41) is 2.79. The molecule has 2 rings (SSSR count). The van der Waals surface area contributed by atoms with Crippen LogP contribution in [0.1, 0.15) is 15.9 Å². The fraction of sp³-hybridized carbons (Fsp3) is 0.0714. The molecule has 3 nitrogen and oxygen atoms in total. The van der Waals surface area contributed by atoms with Gasteiger partial charge in [0.15, 0.2) is 0 Å². The van der Waals surface area contributed by atoms with Crippen molar-refractivity contribution in [2.75, 3.05) is 11.1 Å². The Labute approximate surface area is 114 Å². The fourth-order valence-corrected chi connectivity index (χ4v) is 1.86. The summed E-state index contributed by atoms with van der Waals surface area (Å²) in [6.45, 7) is 1.96. The third kappa shape index (κ3) is 2.90. The normalized spacial score (nSPS) is 10.1. The van der Waals surface area contributed by atoms with Crippen LogP contribution in [0.4, 0.5) is 11.4 Å². The summed E-state index contributed by atoms with van der Waals surface area (Å²) < 4.78 is 0.939. The van der Waals surface area contributed by atoms with Gasteiger partial charge in [0.1, 0.15) is 0 Å². The predicted molar refractivity (Wildman–Crippen MR) is 77.7 cm³/mol. The number of halogens is 1. The highest BCUT2D eigenvalue weighted by Crippen LogP contribution is 2.20. The maximum absolute atomic E-state index is 12.0. The van der Waals surface area contributed by atoms with Crippen LogP contribution in [0.3, 0.4) is 0 Å². The van der Waals surface area contributed by atoms with Crippen molar-refractivity contribution in [3.05, 3.63) is 58.1 Å². The first-order valence-corrected chi connectivity index (χ1v) is 6.28. The quantitative estimate of drug-likeness (QED) is 0.833. The molecule has 0 bridgehead atoms. The number of aryl methyl sites for hydroxylation is 1. The smallest absolute Gasteiger partial charge is 0.255 e.